The molecule has 2 rings (SSSR count). The van der Waals surface area contributed by atoms with E-state index in [2.05, 4.69) is 15.8 Å². The van der Waals surface area contributed by atoms with Crippen LogP contribution in [0, 0.1) is 6.92 Å². The molecule has 0 saturated heterocycles. The summed E-state index contributed by atoms with van der Waals surface area (Å²) in [4.78, 5) is 23.5. The number of nitrogens with zero attached hydrogens (tertiary/aromatic N) is 1. The summed E-state index contributed by atoms with van der Waals surface area (Å²) in [5.74, 6) is -0.593. The molecule has 2 N–H and O–H groups in total. The van der Waals surface area contributed by atoms with Crippen molar-refractivity contribution in [2.24, 2.45) is 5.10 Å². The first kappa shape index (κ1) is 19.0. The highest BCUT2D eigenvalue weighted by Gasteiger charge is 2.07. The van der Waals surface area contributed by atoms with Crippen LogP contribution in [0.2, 0.25) is 10.0 Å². The Kier molecular flexibility index (Phi) is 6.98. The maximum Gasteiger partial charge on any atom is 0.240 e. The van der Waals surface area contributed by atoms with Crippen molar-refractivity contribution in [3.8, 4) is 0 Å². The van der Waals surface area contributed by atoms with Gasteiger partial charge in [-0.15, -0.1) is 0 Å². The first-order chi connectivity index (χ1) is 11.9. The van der Waals surface area contributed by atoms with E-state index in [9.17, 15) is 9.59 Å². The highest BCUT2D eigenvalue weighted by atomic mass is 35.5. The zero-order chi connectivity index (χ0) is 18.2. The Bertz CT molecular complexity index is 789. The predicted octanol–water partition coefficient (Wildman–Crippen LogP) is 4.17. The van der Waals surface area contributed by atoms with Gasteiger partial charge in [-0.05, 0) is 31.2 Å². The molecule has 2 aromatic carbocycles. The van der Waals surface area contributed by atoms with Gasteiger partial charge in [-0.2, -0.15) is 5.10 Å². The molecule has 5 nitrogen and oxygen atoms in total. The maximum atomic E-state index is 11.8. The van der Waals surface area contributed by atoms with Gasteiger partial charge >= 0.3 is 0 Å². The zero-order valence-electron chi connectivity index (χ0n) is 13.6. The molecule has 0 heterocycles. The molecule has 25 heavy (non-hydrogen) atoms. The molecule has 0 unspecified atom stereocenters. The number of hydrazone groups is 1. The van der Waals surface area contributed by atoms with E-state index < -0.39 is 0 Å². The highest BCUT2D eigenvalue weighted by Crippen LogP contribution is 2.19. The van der Waals surface area contributed by atoms with E-state index in [0.29, 0.717) is 21.3 Å². The summed E-state index contributed by atoms with van der Waals surface area (Å²) in [5, 5.41) is 7.50. The number of anilines is 1. The fourth-order valence-electron chi connectivity index (χ4n) is 1.92. The number of aryl methyl sites for hydroxylation is 1. The lowest BCUT2D eigenvalue weighted by Crippen LogP contribution is -2.20. The Morgan fingerprint density at radius 1 is 1.04 bits per heavy atom. The summed E-state index contributed by atoms with van der Waals surface area (Å²) >= 11 is 11.8. The first-order valence-corrected chi connectivity index (χ1v) is 8.33. The van der Waals surface area contributed by atoms with E-state index in [-0.39, 0.29) is 24.7 Å². The maximum absolute atomic E-state index is 11.8. The van der Waals surface area contributed by atoms with Crippen molar-refractivity contribution in [3.05, 3.63) is 63.6 Å². The van der Waals surface area contributed by atoms with Crippen LogP contribution in [0.4, 0.5) is 5.69 Å². The van der Waals surface area contributed by atoms with Crippen LogP contribution in [0.5, 0.6) is 0 Å². The minimum atomic E-state index is -0.361. The summed E-state index contributed by atoms with van der Waals surface area (Å²) in [7, 11) is 0. The molecule has 2 aromatic rings. The van der Waals surface area contributed by atoms with Crippen LogP contribution in [0.1, 0.15) is 24.0 Å². The summed E-state index contributed by atoms with van der Waals surface area (Å²) in [6, 6.07) is 12.4. The molecule has 0 saturated carbocycles. The standard InChI is InChI=1S/C18H17Cl2N3O2/c1-12-2-6-15(7-3-12)22-17(24)8-9-18(25)23-21-11-13-4-5-14(19)10-16(13)20/h2-7,10-11H,8-9H2,1H3,(H,22,24)(H,23,25)/b21-11+. The molecule has 130 valence electrons. The summed E-state index contributed by atoms with van der Waals surface area (Å²) < 4.78 is 0. The number of amides is 2. The van der Waals surface area contributed by atoms with Crippen molar-refractivity contribution in [1.82, 2.24) is 5.43 Å². The minimum absolute atomic E-state index is 0.0311. The number of carbonyl (C=O) groups is 2. The fourth-order valence-corrected chi connectivity index (χ4v) is 2.38. The van der Waals surface area contributed by atoms with Gasteiger partial charge in [0.2, 0.25) is 11.8 Å². The average Bonchev–Trinajstić information content (AvgIpc) is 2.57. The Hall–Kier alpha value is -2.37. The number of rotatable bonds is 6. The second-order valence-electron chi connectivity index (χ2n) is 5.37. The normalized spacial score (nSPS) is 10.7. The molecule has 0 aliphatic heterocycles. The zero-order valence-corrected chi connectivity index (χ0v) is 15.1. The van der Waals surface area contributed by atoms with E-state index in [4.69, 9.17) is 23.2 Å². The third-order valence-corrected chi connectivity index (χ3v) is 3.83. The monoisotopic (exact) mass is 377 g/mol. The topological polar surface area (TPSA) is 70.6 Å². The Morgan fingerprint density at radius 3 is 2.40 bits per heavy atom. The highest BCUT2D eigenvalue weighted by molar-refractivity contribution is 6.36. The van der Waals surface area contributed by atoms with E-state index in [1.807, 2.05) is 31.2 Å². The molecule has 2 amide bonds. The van der Waals surface area contributed by atoms with Gasteiger partial charge < -0.3 is 5.32 Å². The van der Waals surface area contributed by atoms with Crippen molar-refractivity contribution in [2.45, 2.75) is 19.8 Å². The molecular weight excluding hydrogens is 361 g/mol. The molecular formula is C18H17Cl2N3O2. The first-order valence-electron chi connectivity index (χ1n) is 7.57. The van der Waals surface area contributed by atoms with Crippen LogP contribution in [-0.4, -0.2) is 18.0 Å². The van der Waals surface area contributed by atoms with Gasteiger partial charge in [0, 0.05) is 29.1 Å². The Balaban J connectivity index is 1.75. The number of carbonyl (C=O) groups excluding carboxylic acids is 2. The van der Waals surface area contributed by atoms with Crippen LogP contribution in [0.25, 0.3) is 0 Å². The summed E-state index contributed by atoms with van der Waals surface area (Å²) in [6.07, 6.45) is 1.52. The number of hydrogen-bond donors (Lipinski definition) is 2. The van der Waals surface area contributed by atoms with Crippen molar-refractivity contribution in [2.75, 3.05) is 5.32 Å². The van der Waals surface area contributed by atoms with Crippen molar-refractivity contribution in [1.29, 1.82) is 0 Å². The summed E-state index contributed by atoms with van der Waals surface area (Å²) in [5.41, 5.74) is 4.79. The number of benzene rings is 2. The van der Waals surface area contributed by atoms with Crippen LogP contribution < -0.4 is 10.7 Å². The van der Waals surface area contributed by atoms with Crippen LogP contribution in [-0.2, 0) is 9.59 Å². The number of hydrogen-bond acceptors (Lipinski definition) is 3. The van der Waals surface area contributed by atoms with Crippen molar-refractivity contribution < 1.29 is 9.59 Å². The Labute approximate surface area is 156 Å². The molecule has 0 aliphatic rings. The van der Waals surface area contributed by atoms with Crippen molar-refractivity contribution >= 4 is 46.9 Å². The second kappa shape index (κ2) is 9.20. The SMILES string of the molecule is Cc1ccc(NC(=O)CCC(=O)N/N=C/c2ccc(Cl)cc2Cl)cc1. The van der Waals surface area contributed by atoms with E-state index in [1.54, 1.807) is 18.2 Å². The number of halogens is 2. The van der Waals surface area contributed by atoms with Crippen LogP contribution in [0.15, 0.2) is 47.6 Å². The smallest absolute Gasteiger partial charge is 0.240 e. The lowest BCUT2D eigenvalue weighted by molar-refractivity contribution is -0.124. The van der Waals surface area contributed by atoms with Gasteiger partial charge in [0.1, 0.15) is 0 Å². The van der Waals surface area contributed by atoms with Gasteiger partial charge in [-0.1, -0.05) is 47.0 Å². The molecule has 0 atom stereocenters. The molecule has 0 aromatic heterocycles. The molecule has 0 fully saturated rings. The second-order valence-corrected chi connectivity index (χ2v) is 6.22. The van der Waals surface area contributed by atoms with Gasteiger partial charge in [-0.25, -0.2) is 5.43 Å². The van der Waals surface area contributed by atoms with Gasteiger partial charge in [-0.3, -0.25) is 9.59 Å². The van der Waals surface area contributed by atoms with E-state index in [0.717, 1.165) is 5.56 Å². The predicted molar refractivity (Wildman–Crippen MR) is 101 cm³/mol. The van der Waals surface area contributed by atoms with Gasteiger partial charge in [0.15, 0.2) is 0 Å². The summed E-state index contributed by atoms with van der Waals surface area (Å²) in [6.45, 7) is 1.97. The third-order valence-electron chi connectivity index (χ3n) is 3.27. The molecule has 0 bridgehead atoms. The number of nitrogens with one attached hydrogen (secondary N) is 2. The van der Waals surface area contributed by atoms with Crippen molar-refractivity contribution in [3.63, 3.8) is 0 Å². The van der Waals surface area contributed by atoms with E-state index >= 15 is 0 Å². The molecule has 0 radical (unpaired) electrons. The van der Waals surface area contributed by atoms with Crippen LogP contribution in [0.3, 0.4) is 0 Å². The van der Waals surface area contributed by atoms with Gasteiger partial charge in [0.25, 0.3) is 0 Å². The third kappa shape index (κ3) is 6.57. The fraction of sp³-hybridized carbons (Fsp3) is 0.167. The Morgan fingerprint density at radius 2 is 1.72 bits per heavy atom. The largest absolute Gasteiger partial charge is 0.326 e. The quantitative estimate of drug-likeness (QED) is 0.585. The lowest BCUT2D eigenvalue weighted by Gasteiger charge is -2.05. The lowest BCUT2D eigenvalue weighted by atomic mass is 10.2. The van der Waals surface area contributed by atoms with Crippen LogP contribution >= 0.6 is 23.2 Å². The molecule has 0 aliphatic carbocycles. The molecule has 7 heteroatoms. The van der Waals surface area contributed by atoms with E-state index in [1.165, 1.54) is 6.21 Å². The minimum Gasteiger partial charge on any atom is -0.326 e. The van der Waals surface area contributed by atoms with Gasteiger partial charge in [0.05, 0.1) is 11.2 Å². The average molecular weight is 378 g/mol. The molecule has 0 spiro atoms.